The molecule has 0 unspecified atom stereocenters. The summed E-state index contributed by atoms with van der Waals surface area (Å²) in [5.41, 5.74) is 3.15. The van der Waals surface area contributed by atoms with Gasteiger partial charge in [-0.1, -0.05) is 48.9 Å². The highest BCUT2D eigenvalue weighted by Gasteiger charge is 2.52. The molecule has 1 aliphatic carbocycles. The second-order valence-electron chi connectivity index (χ2n) is 7.70. The lowest BCUT2D eigenvalue weighted by Gasteiger charge is -2.49. The van der Waals surface area contributed by atoms with Crippen molar-refractivity contribution in [2.24, 2.45) is 5.92 Å². The van der Waals surface area contributed by atoms with Gasteiger partial charge in [0.15, 0.2) is 0 Å². The Morgan fingerprint density at radius 2 is 1.67 bits per heavy atom. The molecule has 2 saturated heterocycles. The number of aryl methyl sites for hydroxylation is 2. The Bertz CT molecular complexity index is 948. The lowest BCUT2D eigenvalue weighted by atomic mass is 9.73. The molecule has 1 saturated carbocycles. The number of piperidine rings is 2. The Morgan fingerprint density at radius 3 is 2.26 bits per heavy atom. The Kier molecular flexibility index (Phi) is 4.68. The molecule has 2 heterocycles. The fourth-order valence-electron chi connectivity index (χ4n) is 4.48. The molecule has 3 fully saturated rings. The van der Waals surface area contributed by atoms with Crippen molar-refractivity contribution in [2.45, 2.75) is 56.5 Å². The van der Waals surface area contributed by atoms with Gasteiger partial charge in [-0.2, -0.15) is 4.31 Å². The SMILES string of the molecule is CCc1ccc([C@@H]2[C@@H]3CC[C@@H](CC3=O)N2S(=O)(=O)c2ccc(C)cc2)cc1. The van der Waals surface area contributed by atoms with Crippen LogP contribution in [0.15, 0.2) is 53.4 Å². The van der Waals surface area contributed by atoms with E-state index in [4.69, 9.17) is 0 Å². The Hall–Kier alpha value is -1.98. The normalized spacial score (nSPS) is 25.7. The monoisotopic (exact) mass is 383 g/mol. The fraction of sp³-hybridized carbons (Fsp3) is 0.409. The summed E-state index contributed by atoms with van der Waals surface area (Å²) in [7, 11) is -3.66. The molecule has 2 aromatic rings. The van der Waals surface area contributed by atoms with E-state index in [9.17, 15) is 13.2 Å². The predicted octanol–water partition coefficient (Wildman–Crippen LogP) is 4.04. The lowest BCUT2D eigenvalue weighted by molar-refractivity contribution is -0.133. The van der Waals surface area contributed by atoms with Crippen molar-refractivity contribution in [1.82, 2.24) is 4.31 Å². The van der Waals surface area contributed by atoms with Gasteiger partial charge in [0.25, 0.3) is 0 Å². The molecule has 3 atom stereocenters. The number of Topliss-reactive ketones (excluding diaryl/α,β-unsaturated/α-hetero) is 1. The third kappa shape index (κ3) is 3.13. The average molecular weight is 384 g/mol. The smallest absolute Gasteiger partial charge is 0.243 e. The molecular weight excluding hydrogens is 358 g/mol. The second-order valence-corrected chi connectivity index (χ2v) is 9.54. The van der Waals surface area contributed by atoms with Crippen LogP contribution in [0.5, 0.6) is 0 Å². The molecule has 142 valence electrons. The molecular formula is C22H25NO3S. The van der Waals surface area contributed by atoms with Crippen molar-refractivity contribution in [3.63, 3.8) is 0 Å². The first-order valence-electron chi connectivity index (χ1n) is 9.63. The maximum atomic E-state index is 13.5. The van der Waals surface area contributed by atoms with Crippen molar-refractivity contribution in [3.8, 4) is 0 Å². The molecule has 0 N–H and O–H groups in total. The fourth-order valence-corrected chi connectivity index (χ4v) is 6.35. The van der Waals surface area contributed by atoms with Crippen LogP contribution in [-0.2, 0) is 21.2 Å². The first kappa shape index (κ1) is 18.4. The molecule has 5 rings (SSSR count). The number of carbonyl (C=O) groups excluding carboxylic acids is 1. The van der Waals surface area contributed by atoms with Crippen LogP contribution in [0.3, 0.4) is 0 Å². The van der Waals surface area contributed by atoms with Gasteiger partial charge >= 0.3 is 0 Å². The van der Waals surface area contributed by atoms with Gasteiger partial charge in [0.1, 0.15) is 5.78 Å². The Labute approximate surface area is 161 Å². The van der Waals surface area contributed by atoms with Crippen LogP contribution in [0.1, 0.15) is 48.9 Å². The molecule has 5 heteroatoms. The third-order valence-electron chi connectivity index (χ3n) is 6.00. The van der Waals surface area contributed by atoms with Crippen molar-refractivity contribution < 1.29 is 13.2 Å². The van der Waals surface area contributed by atoms with E-state index in [1.54, 1.807) is 16.4 Å². The number of nitrogens with zero attached hydrogens (tertiary/aromatic N) is 1. The van der Waals surface area contributed by atoms with Crippen molar-refractivity contribution in [1.29, 1.82) is 0 Å². The molecule has 0 spiro atoms. The molecule has 2 bridgehead atoms. The van der Waals surface area contributed by atoms with Crippen LogP contribution < -0.4 is 0 Å². The molecule has 0 amide bonds. The minimum Gasteiger partial charge on any atom is -0.299 e. The van der Waals surface area contributed by atoms with E-state index in [0.717, 1.165) is 30.4 Å². The molecule has 3 aliphatic rings. The van der Waals surface area contributed by atoms with E-state index in [2.05, 4.69) is 6.92 Å². The number of fused-ring (bicyclic) bond motifs is 3. The zero-order valence-corrected chi connectivity index (χ0v) is 16.6. The summed E-state index contributed by atoms with van der Waals surface area (Å²) in [6.07, 6.45) is 2.79. The minimum absolute atomic E-state index is 0.200. The van der Waals surface area contributed by atoms with E-state index in [-0.39, 0.29) is 17.7 Å². The van der Waals surface area contributed by atoms with Gasteiger partial charge in [0, 0.05) is 18.4 Å². The summed E-state index contributed by atoms with van der Waals surface area (Å²) in [5.74, 6) is -0.0473. The molecule has 0 radical (unpaired) electrons. The van der Waals surface area contributed by atoms with Crippen LogP contribution in [0.4, 0.5) is 0 Å². The largest absolute Gasteiger partial charge is 0.299 e. The van der Waals surface area contributed by atoms with Gasteiger partial charge in [-0.15, -0.1) is 0 Å². The summed E-state index contributed by atoms with van der Waals surface area (Å²) in [6.45, 7) is 4.03. The number of ketones is 1. The minimum atomic E-state index is -3.66. The highest BCUT2D eigenvalue weighted by molar-refractivity contribution is 7.89. The van der Waals surface area contributed by atoms with Gasteiger partial charge in [-0.25, -0.2) is 8.42 Å². The van der Waals surface area contributed by atoms with Gasteiger partial charge in [-0.3, -0.25) is 4.79 Å². The second kappa shape index (κ2) is 6.88. The average Bonchev–Trinajstić information content (AvgIpc) is 2.68. The van der Waals surface area contributed by atoms with E-state index < -0.39 is 16.1 Å². The van der Waals surface area contributed by atoms with Crippen LogP contribution in [0, 0.1) is 12.8 Å². The van der Waals surface area contributed by atoms with Crippen LogP contribution in [0.25, 0.3) is 0 Å². The third-order valence-corrected chi connectivity index (χ3v) is 7.95. The van der Waals surface area contributed by atoms with Crippen LogP contribution in [0.2, 0.25) is 0 Å². The van der Waals surface area contributed by atoms with Crippen LogP contribution >= 0.6 is 0 Å². The number of carbonyl (C=O) groups is 1. The predicted molar refractivity (Wildman–Crippen MR) is 105 cm³/mol. The number of hydrogen-bond donors (Lipinski definition) is 0. The molecule has 4 nitrogen and oxygen atoms in total. The molecule has 2 aliphatic heterocycles. The summed E-state index contributed by atoms with van der Waals surface area (Å²) in [6, 6.07) is 14.4. The van der Waals surface area contributed by atoms with E-state index >= 15 is 0 Å². The number of hydrogen-bond acceptors (Lipinski definition) is 3. The maximum Gasteiger partial charge on any atom is 0.243 e. The van der Waals surface area contributed by atoms with Gasteiger partial charge in [-0.05, 0) is 49.4 Å². The van der Waals surface area contributed by atoms with Gasteiger partial charge < -0.3 is 0 Å². The zero-order valence-electron chi connectivity index (χ0n) is 15.8. The highest BCUT2D eigenvalue weighted by Crippen LogP contribution is 2.48. The maximum absolute atomic E-state index is 13.5. The van der Waals surface area contributed by atoms with Gasteiger partial charge in [0.2, 0.25) is 10.0 Å². The van der Waals surface area contributed by atoms with Gasteiger partial charge in [0.05, 0.1) is 10.9 Å². The summed E-state index contributed by atoms with van der Waals surface area (Å²) in [5, 5.41) is 0. The topological polar surface area (TPSA) is 54.5 Å². The Morgan fingerprint density at radius 1 is 1.00 bits per heavy atom. The summed E-state index contributed by atoms with van der Waals surface area (Å²) < 4.78 is 28.7. The first-order chi connectivity index (χ1) is 12.9. The number of sulfonamides is 1. The Balaban J connectivity index is 1.80. The van der Waals surface area contributed by atoms with Crippen LogP contribution in [-0.4, -0.2) is 24.5 Å². The van der Waals surface area contributed by atoms with E-state index in [0.29, 0.717) is 11.3 Å². The first-order valence-corrected chi connectivity index (χ1v) is 11.1. The number of rotatable bonds is 4. The molecule has 0 aromatic heterocycles. The van der Waals surface area contributed by atoms with Crippen molar-refractivity contribution in [2.75, 3.05) is 0 Å². The highest BCUT2D eigenvalue weighted by atomic mass is 32.2. The lowest BCUT2D eigenvalue weighted by Crippen LogP contribution is -2.56. The van der Waals surface area contributed by atoms with E-state index in [1.165, 1.54) is 5.56 Å². The van der Waals surface area contributed by atoms with Crippen molar-refractivity contribution in [3.05, 3.63) is 65.2 Å². The van der Waals surface area contributed by atoms with Crippen molar-refractivity contribution >= 4 is 15.8 Å². The summed E-state index contributed by atoms with van der Waals surface area (Å²) >= 11 is 0. The molecule has 27 heavy (non-hydrogen) atoms. The number of benzene rings is 2. The standard InChI is InChI=1S/C22H25NO3S/c1-3-16-6-8-17(9-7-16)22-20-13-10-18(14-21(20)24)23(22)27(25,26)19-11-4-15(2)5-12-19/h4-9,11-12,18,20,22H,3,10,13-14H2,1-2H3/t18-,20+,22+/m0/s1. The van der Waals surface area contributed by atoms with E-state index in [1.807, 2.05) is 43.3 Å². The quantitative estimate of drug-likeness (QED) is 0.801. The molecule has 2 aromatic carbocycles. The zero-order chi connectivity index (χ0) is 19.2. The summed E-state index contributed by atoms with van der Waals surface area (Å²) in [4.78, 5) is 12.9.